The summed E-state index contributed by atoms with van der Waals surface area (Å²) in [6.45, 7) is 0. The molecule has 5 aromatic carbocycles. The third kappa shape index (κ3) is 4.09. The summed E-state index contributed by atoms with van der Waals surface area (Å²) in [5, 5.41) is 3.42. The molecule has 1 unspecified atom stereocenters. The van der Waals surface area contributed by atoms with Crippen LogP contribution in [0.4, 0.5) is 0 Å². The lowest BCUT2D eigenvalue weighted by atomic mass is 9.66. The number of rotatable bonds is 3. The highest BCUT2D eigenvalue weighted by atomic mass is 32.1. The molecule has 3 heterocycles. The first-order valence-corrected chi connectivity index (χ1v) is 18.8. The van der Waals surface area contributed by atoms with E-state index in [1.54, 1.807) is 28.0 Å². The Kier molecular flexibility index (Phi) is 6.18. The number of nitrogens with zero attached hydrogens (tertiary/aromatic N) is 2. The van der Waals surface area contributed by atoms with Gasteiger partial charge in [-0.1, -0.05) is 122 Å². The van der Waals surface area contributed by atoms with Gasteiger partial charge in [0.05, 0.1) is 15.9 Å². The maximum Gasteiger partial charge on any atom is 0.160 e. The van der Waals surface area contributed by atoms with E-state index in [4.69, 9.17) is 14.4 Å². The van der Waals surface area contributed by atoms with Gasteiger partial charge < -0.3 is 4.42 Å². The molecule has 4 heteroatoms. The molecule has 3 aromatic heterocycles. The van der Waals surface area contributed by atoms with E-state index in [-0.39, 0.29) is 11.3 Å². The highest BCUT2D eigenvalue weighted by molar-refractivity contribution is 7.26. The molecule has 3 aliphatic carbocycles. The van der Waals surface area contributed by atoms with E-state index >= 15 is 0 Å². The Morgan fingerprint density at radius 3 is 2.44 bits per heavy atom. The minimum absolute atomic E-state index is 0.203. The molecule has 0 saturated heterocycles. The SMILES string of the molecule is C1=CC(c2cccc3c2oc2ccc(-c4nc(-c5ccccc5)c5sc6ccccc6c5n4)cc23)CC2=C1C1(CCCCC1)c1ccccc12. The van der Waals surface area contributed by atoms with Crippen LogP contribution >= 0.6 is 11.3 Å². The maximum absolute atomic E-state index is 6.74. The first-order chi connectivity index (χ1) is 24.7. The second-order valence-electron chi connectivity index (χ2n) is 14.3. The predicted octanol–water partition coefficient (Wildman–Crippen LogP) is 12.8. The summed E-state index contributed by atoms with van der Waals surface area (Å²) in [6.07, 6.45) is 12.5. The highest BCUT2D eigenvalue weighted by Crippen LogP contribution is 2.58. The predicted molar refractivity (Wildman–Crippen MR) is 208 cm³/mol. The van der Waals surface area contributed by atoms with Gasteiger partial charge in [-0.05, 0) is 65.8 Å². The zero-order chi connectivity index (χ0) is 32.8. The summed E-state index contributed by atoms with van der Waals surface area (Å²) in [4.78, 5) is 10.5. The number of thiophene rings is 1. The zero-order valence-corrected chi connectivity index (χ0v) is 28.5. The van der Waals surface area contributed by atoms with Gasteiger partial charge in [0.1, 0.15) is 11.2 Å². The summed E-state index contributed by atoms with van der Waals surface area (Å²) >= 11 is 1.77. The van der Waals surface area contributed by atoms with E-state index in [0.29, 0.717) is 0 Å². The fraction of sp³-hybridized carbons (Fsp3) is 0.174. The van der Waals surface area contributed by atoms with Crippen LogP contribution in [-0.2, 0) is 5.41 Å². The second-order valence-corrected chi connectivity index (χ2v) is 15.4. The largest absolute Gasteiger partial charge is 0.456 e. The summed E-state index contributed by atoms with van der Waals surface area (Å²) in [5.41, 5.74) is 13.6. The fourth-order valence-corrected chi connectivity index (χ4v) is 10.5. The van der Waals surface area contributed by atoms with Crippen molar-refractivity contribution in [3.8, 4) is 22.6 Å². The van der Waals surface area contributed by atoms with Crippen LogP contribution in [0.25, 0.3) is 70.5 Å². The van der Waals surface area contributed by atoms with E-state index in [9.17, 15) is 0 Å². The molecule has 8 aromatic rings. The van der Waals surface area contributed by atoms with Gasteiger partial charge in [0.25, 0.3) is 0 Å². The van der Waals surface area contributed by atoms with Gasteiger partial charge in [-0.2, -0.15) is 0 Å². The maximum atomic E-state index is 6.74. The van der Waals surface area contributed by atoms with Gasteiger partial charge in [0.15, 0.2) is 5.82 Å². The van der Waals surface area contributed by atoms with Crippen LogP contribution in [-0.4, -0.2) is 9.97 Å². The van der Waals surface area contributed by atoms with Crippen LogP contribution in [0, 0.1) is 0 Å². The Bertz CT molecular complexity index is 2720. The average molecular weight is 663 g/mol. The zero-order valence-electron chi connectivity index (χ0n) is 27.7. The molecule has 1 fully saturated rings. The summed E-state index contributed by atoms with van der Waals surface area (Å²) < 4.78 is 9.09. The molecule has 11 rings (SSSR count). The molecule has 0 amide bonds. The van der Waals surface area contributed by atoms with Crippen LogP contribution in [0.5, 0.6) is 0 Å². The van der Waals surface area contributed by atoms with Gasteiger partial charge in [0.2, 0.25) is 0 Å². The number of furan rings is 1. The molecule has 1 spiro atoms. The lowest BCUT2D eigenvalue weighted by Crippen LogP contribution is -2.29. The van der Waals surface area contributed by atoms with Gasteiger partial charge >= 0.3 is 0 Å². The molecule has 1 atom stereocenters. The Morgan fingerprint density at radius 2 is 1.52 bits per heavy atom. The summed E-state index contributed by atoms with van der Waals surface area (Å²) in [5.74, 6) is 0.994. The van der Waals surface area contributed by atoms with E-state index < -0.39 is 0 Å². The second kappa shape index (κ2) is 10.8. The van der Waals surface area contributed by atoms with Crippen LogP contribution < -0.4 is 0 Å². The van der Waals surface area contributed by atoms with Crippen molar-refractivity contribution in [3.63, 3.8) is 0 Å². The molecule has 3 nitrogen and oxygen atoms in total. The molecule has 1 saturated carbocycles. The van der Waals surface area contributed by atoms with Crippen LogP contribution in [0.1, 0.15) is 61.1 Å². The van der Waals surface area contributed by atoms with Crippen LogP contribution in [0.2, 0.25) is 0 Å². The van der Waals surface area contributed by atoms with E-state index in [1.807, 2.05) is 0 Å². The smallest absolute Gasteiger partial charge is 0.160 e. The Labute approximate surface area is 294 Å². The Balaban J connectivity index is 1.03. The van der Waals surface area contributed by atoms with Crippen molar-refractivity contribution >= 4 is 59.2 Å². The third-order valence-corrected chi connectivity index (χ3v) is 12.9. The van der Waals surface area contributed by atoms with Crippen molar-refractivity contribution in [2.75, 3.05) is 0 Å². The Morgan fingerprint density at radius 1 is 0.700 bits per heavy atom. The summed E-state index contributed by atoms with van der Waals surface area (Å²) in [6, 6.07) is 41.4. The topological polar surface area (TPSA) is 38.9 Å². The molecule has 0 bridgehead atoms. The normalized spacial score (nSPS) is 18.1. The molecule has 50 heavy (non-hydrogen) atoms. The van der Waals surface area contributed by atoms with Gasteiger partial charge in [0, 0.05) is 48.9 Å². The molecular weight excluding hydrogens is 629 g/mol. The molecule has 240 valence electrons. The number of aromatic nitrogens is 2. The quantitative estimate of drug-likeness (QED) is 0.189. The lowest BCUT2D eigenvalue weighted by molar-refractivity contribution is 0.349. The van der Waals surface area contributed by atoms with Crippen LogP contribution in [0.15, 0.2) is 137 Å². The fourth-order valence-electron chi connectivity index (χ4n) is 9.39. The molecule has 3 aliphatic rings. The monoisotopic (exact) mass is 662 g/mol. The third-order valence-electron chi connectivity index (χ3n) is 11.7. The molecular formula is C46H34N2OS. The first kappa shape index (κ1) is 28.5. The molecule has 0 N–H and O–H groups in total. The van der Waals surface area contributed by atoms with Gasteiger partial charge in [-0.25, -0.2) is 9.97 Å². The van der Waals surface area contributed by atoms with E-state index in [1.165, 1.54) is 53.3 Å². The lowest BCUT2D eigenvalue weighted by Gasteiger charge is -2.37. The number of hydrogen-bond donors (Lipinski definition) is 0. The standard InChI is InChI=1S/C46H34N2OS/c1-3-12-28(13-4-1)41-44-42(34-15-6-8-19-40(34)50-44)48-45(47-41)30-21-23-39-36(27-30)33-17-11-16-31(43(33)49-39)29-20-22-38-35(26-29)32-14-5-7-18-37(32)46(38)24-9-2-10-25-46/h1,3-8,11-23,27,29H,2,9-10,24-26H2. The van der Waals surface area contributed by atoms with Gasteiger partial charge in [-0.15, -0.1) is 11.3 Å². The molecule has 0 radical (unpaired) electrons. The van der Waals surface area contributed by atoms with Crippen molar-refractivity contribution in [3.05, 3.63) is 150 Å². The number of para-hydroxylation sites is 1. The average Bonchev–Trinajstić information content (AvgIpc) is 3.83. The number of allylic oxidation sites excluding steroid dienone is 4. The van der Waals surface area contributed by atoms with Gasteiger partial charge in [-0.3, -0.25) is 0 Å². The minimum Gasteiger partial charge on any atom is -0.456 e. The van der Waals surface area contributed by atoms with E-state index in [2.05, 4.69) is 127 Å². The van der Waals surface area contributed by atoms with Crippen molar-refractivity contribution < 1.29 is 4.42 Å². The summed E-state index contributed by atoms with van der Waals surface area (Å²) in [7, 11) is 0. The van der Waals surface area contributed by atoms with Crippen molar-refractivity contribution in [2.24, 2.45) is 0 Å². The van der Waals surface area contributed by atoms with Crippen molar-refractivity contribution in [1.29, 1.82) is 0 Å². The highest BCUT2D eigenvalue weighted by Gasteiger charge is 2.45. The number of benzene rings is 5. The Hall–Kier alpha value is -5.32. The van der Waals surface area contributed by atoms with Crippen molar-refractivity contribution in [2.45, 2.75) is 49.9 Å². The number of hydrogen-bond acceptors (Lipinski definition) is 4. The van der Waals surface area contributed by atoms with E-state index in [0.717, 1.165) is 61.2 Å². The van der Waals surface area contributed by atoms with Crippen LogP contribution in [0.3, 0.4) is 0 Å². The number of fused-ring (bicyclic) bond motifs is 10. The minimum atomic E-state index is 0.203. The first-order valence-electron chi connectivity index (χ1n) is 18.0. The molecule has 0 aliphatic heterocycles. The van der Waals surface area contributed by atoms with Crippen molar-refractivity contribution in [1.82, 2.24) is 9.97 Å².